The molecule has 0 radical (unpaired) electrons. The summed E-state index contributed by atoms with van der Waals surface area (Å²) in [6, 6.07) is 14.4. The molecular weight excluding hydrogens is 406 g/mol. The minimum absolute atomic E-state index is 0.0973. The Balaban J connectivity index is 1.50. The van der Waals surface area contributed by atoms with Crippen molar-refractivity contribution in [2.75, 3.05) is 13.1 Å². The van der Waals surface area contributed by atoms with Gasteiger partial charge in [0.2, 0.25) is 0 Å². The lowest BCUT2D eigenvalue weighted by atomic mass is 10.1. The second kappa shape index (κ2) is 8.76. The number of benzene rings is 2. The highest BCUT2D eigenvalue weighted by Gasteiger charge is 2.19. The van der Waals surface area contributed by atoms with Crippen LogP contribution < -0.4 is 4.80 Å². The summed E-state index contributed by atoms with van der Waals surface area (Å²) in [6.45, 7) is 2.26. The van der Waals surface area contributed by atoms with Crippen LogP contribution in [-0.4, -0.2) is 34.4 Å². The molecule has 3 aromatic rings. The van der Waals surface area contributed by atoms with Crippen molar-refractivity contribution in [1.82, 2.24) is 9.47 Å². The number of halogens is 1. The molecule has 2 aromatic carbocycles. The fourth-order valence-corrected chi connectivity index (χ4v) is 4.25. The summed E-state index contributed by atoms with van der Waals surface area (Å²) in [7, 11) is 0. The first-order valence-corrected chi connectivity index (χ1v) is 10.7. The van der Waals surface area contributed by atoms with E-state index < -0.39 is 0 Å². The van der Waals surface area contributed by atoms with Crippen molar-refractivity contribution in [3.05, 3.63) is 86.6 Å². The first-order chi connectivity index (χ1) is 14.1. The van der Waals surface area contributed by atoms with Crippen molar-refractivity contribution in [3.8, 4) is 0 Å². The first-order valence-electron chi connectivity index (χ1n) is 9.47. The van der Waals surface area contributed by atoms with Crippen molar-refractivity contribution >= 4 is 34.8 Å². The average molecular weight is 426 g/mol. The van der Waals surface area contributed by atoms with E-state index in [1.807, 2.05) is 45.3 Å². The van der Waals surface area contributed by atoms with Crippen molar-refractivity contribution in [1.29, 1.82) is 0 Å². The van der Waals surface area contributed by atoms with Gasteiger partial charge in [0.25, 0.3) is 11.8 Å². The number of nitrogens with zero attached hydrogens (tertiary/aromatic N) is 3. The Bertz CT molecular complexity index is 1100. The van der Waals surface area contributed by atoms with E-state index in [0.29, 0.717) is 27.5 Å². The largest absolute Gasteiger partial charge is 0.339 e. The topological polar surface area (TPSA) is 54.7 Å². The van der Waals surface area contributed by atoms with Crippen LogP contribution in [0, 0.1) is 0 Å². The highest BCUT2D eigenvalue weighted by Crippen LogP contribution is 2.14. The van der Waals surface area contributed by atoms with Crippen molar-refractivity contribution in [3.63, 3.8) is 0 Å². The van der Waals surface area contributed by atoms with Crippen molar-refractivity contribution in [2.24, 2.45) is 4.99 Å². The van der Waals surface area contributed by atoms with Gasteiger partial charge in [-0.2, -0.15) is 4.99 Å². The fraction of sp³-hybridized carbons (Fsp3) is 0.227. The Morgan fingerprint density at radius 2 is 1.79 bits per heavy atom. The van der Waals surface area contributed by atoms with Gasteiger partial charge in [0.05, 0.1) is 0 Å². The summed E-state index contributed by atoms with van der Waals surface area (Å²) in [5, 5.41) is 2.41. The maximum Gasteiger partial charge on any atom is 0.279 e. The summed E-state index contributed by atoms with van der Waals surface area (Å²) in [5.74, 6) is -0.227. The number of amides is 2. The average Bonchev–Trinajstić information content (AvgIpc) is 3.41. The van der Waals surface area contributed by atoms with Crippen molar-refractivity contribution < 1.29 is 9.59 Å². The molecule has 2 amide bonds. The molecule has 0 atom stereocenters. The van der Waals surface area contributed by atoms with Gasteiger partial charge >= 0.3 is 0 Å². The van der Waals surface area contributed by atoms with Gasteiger partial charge in [-0.1, -0.05) is 29.8 Å². The first kappa shape index (κ1) is 19.6. The minimum atomic E-state index is -0.324. The second-order valence-electron chi connectivity index (χ2n) is 6.94. The minimum Gasteiger partial charge on any atom is -0.339 e. The number of hydrogen-bond donors (Lipinski definition) is 0. The summed E-state index contributed by atoms with van der Waals surface area (Å²) < 4.78 is 1.92. The highest BCUT2D eigenvalue weighted by molar-refractivity contribution is 7.07. The number of hydrogen-bond acceptors (Lipinski definition) is 3. The number of carbonyl (C=O) groups is 2. The molecule has 0 aliphatic carbocycles. The van der Waals surface area contributed by atoms with Crippen LogP contribution in [0.25, 0.3) is 0 Å². The quantitative estimate of drug-likeness (QED) is 0.628. The third kappa shape index (κ3) is 4.66. The molecule has 4 rings (SSSR count). The van der Waals surface area contributed by atoms with Crippen LogP contribution >= 0.6 is 22.9 Å². The standard InChI is InChI=1S/C22H20ClN3O2S/c23-19-5-3-4-18(14-19)20(27)24-22-26(12-13-29-22)15-16-6-8-17(9-7-16)21(28)25-10-1-2-11-25/h3-9,12-14H,1-2,10-11,15H2. The van der Waals surface area contributed by atoms with E-state index in [2.05, 4.69) is 4.99 Å². The number of likely N-dealkylation sites (tertiary alicyclic amines) is 1. The summed E-state index contributed by atoms with van der Waals surface area (Å²) in [4.78, 5) is 31.7. The molecule has 1 aromatic heterocycles. The van der Waals surface area contributed by atoms with Crippen LogP contribution in [0.1, 0.15) is 39.1 Å². The van der Waals surface area contributed by atoms with Crippen LogP contribution in [0.2, 0.25) is 5.02 Å². The van der Waals surface area contributed by atoms with E-state index in [9.17, 15) is 9.59 Å². The molecule has 29 heavy (non-hydrogen) atoms. The van der Waals surface area contributed by atoms with E-state index in [-0.39, 0.29) is 11.8 Å². The molecule has 0 spiro atoms. The van der Waals surface area contributed by atoms with E-state index in [1.165, 1.54) is 11.3 Å². The lowest BCUT2D eigenvalue weighted by Gasteiger charge is -2.15. The Labute approximate surface area is 177 Å². The summed E-state index contributed by atoms with van der Waals surface area (Å²) in [5.41, 5.74) is 2.22. The molecular formula is C22H20ClN3O2S. The van der Waals surface area contributed by atoms with E-state index >= 15 is 0 Å². The summed E-state index contributed by atoms with van der Waals surface area (Å²) >= 11 is 7.36. The Hall–Kier alpha value is -2.70. The number of aromatic nitrogens is 1. The number of thiazole rings is 1. The van der Waals surface area contributed by atoms with Crippen LogP contribution in [0.15, 0.2) is 65.1 Å². The zero-order chi connectivity index (χ0) is 20.2. The third-order valence-corrected chi connectivity index (χ3v) is 5.91. The van der Waals surface area contributed by atoms with Gasteiger partial charge in [-0.15, -0.1) is 11.3 Å². The molecule has 5 nitrogen and oxygen atoms in total. The van der Waals surface area contributed by atoms with Crippen molar-refractivity contribution in [2.45, 2.75) is 19.4 Å². The fourth-order valence-electron chi connectivity index (χ4n) is 3.33. The molecule has 1 fully saturated rings. The highest BCUT2D eigenvalue weighted by atomic mass is 35.5. The van der Waals surface area contributed by atoms with Gasteiger partial charge in [0.15, 0.2) is 4.80 Å². The summed E-state index contributed by atoms with van der Waals surface area (Å²) in [6.07, 6.45) is 4.07. The predicted octanol–water partition coefficient (Wildman–Crippen LogP) is 4.23. The molecule has 7 heteroatoms. The lowest BCUT2D eigenvalue weighted by Crippen LogP contribution is -2.27. The zero-order valence-electron chi connectivity index (χ0n) is 15.8. The van der Waals surface area contributed by atoms with Crippen LogP contribution in [0.3, 0.4) is 0 Å². The SMILES string of the molecule is O=C(N=c1sccn1Cc1ccc(C(=O)N2CCCC2)cc1)c1cccc(Cl)c1. The monoisotopic (exact) mass is 425 g/mol. The molecule has 1 aliphatic rings. The molecule has 0 saturated carbocycles. The zero-order valence-corrected chi connectivity index (χ0v) is 17.3. The van der Waals surface area contributed by atoms with Gasteiger partial charge < -0.3 is 9.47 Å². The maximum absolute atomic E-state index is 12.5. The van der Waals surface area contributed by atoms with Gasteiger partial charge in [0.1, 0.15) is 0 Å². The van der Waals surface area contributed by atoms with E-state index in [4.69, 9.17) is 11.6 Å². The molecule has 0 N–H and O–H groups in total. The predicted molar refractivity (Wildman–Crippen MR) is 114 cm³/mol. The number of carbonyl (C=O) groups excluding carboxylic acids is 2. The van der Waals surface area contributed by atoms with Gasteiger partial charge in [-0.05, 0) is 48.7 Å². The molecule has 1 saturated heterocycles. The molecule has 0 unspecified atom stereocenters. The molecule has 0 bridgehead atoms. The Kier molecular flexibility index (Phi) is 5.92. The lowest BCUT2D eigenvalue weighted by molar-refractivity contribution is 0.0792. The van der Waals surface area contributed by atoms with E-state index in [0.717, 1.165) is 31.5 Å². The smallest absolute Gasteiger partial charge is 0.279 e. The maximum atomic E-state index is 12.5. The van der Waals surface area contributed by atoms with Crippen LogP contribution in [0.5, 0.6) is 0 Å². The Morgan fingerprint density at radius 1 is 1.03 bits per heavy atom. The molecule has 1 aliphatic heterocycles. The molecule has 2 heterocycles. The second-order valence-corrected chi connectivity index (χ2v) is 8.25. The van der Waals surface area contributed by atoms with E-state index in [1.54, 1.807) is 24.3 Å². The normalized spacial score (nSPS) is 14.4. The van der Waals surface area contributed by atoms with Gasteiger partial charge in [0, 0.05) is 47.4 Å². The van der Waals surface area contributed by atoms with Crippen LogP contribution in [0.4, 0.5) is 0 Å². The molecule has 148 valence electrons. The van der Waals surface area contributed by atoms with Gasteiger partial charge in [-0.25, -0.2) is 0 Å². The van der Waals surface area contributed by atoms with Crippen LogP contribution in [-0.2, 0) is 6.54 Å². The van der Waals surface area contributed by atoms with Gasteiger partial charge in [-0.3, -0.25) is 9.59 Å². The number of rotatable bonds is 4. The third-order valence-electron chi connectivity index (χ3n) is 4.88. The Morgan fingerprint density at radius 3 is 2.52 bits per heavy atom.